The number of amides is 2. The van der Waals surface area contributed by atoms with Crippen molar-refractivity contribution in [3.8, 4) is 0 Å². The number of rotatable bonds is 3. The van der Waals surface area contributed by atoms with Crippen molar-refractivity contribution in [1.29, 1.82) is 0 Å². The van der Waals surface area contributed by atoms with E-state index in [0.29, 0.717) is 26.4 Å². The summed E-state index contributed by atoms with van der Waals surface area (Å²) in [7, 11) is 1.61. The van der Waals surface area contributed by atoms with Crippen LogP contribution in [0, 0.1) is 5.82 Å². The van der Waals surface area contributed by atoms with Crippen molar-refractivity contribution in [2.45, 2.75) is 6.10 Å². The van der Waals surface area contributed by atoms with E-state index in [-0.39, 0.29) is 16.8 Å². The third-order valence-electron chi connectivity index (χ3n) is 2.90. The van der Waals surface area contributed by atoms with Gasteiger partial charge in [0.2, 0.25) is 0 Å². The molecule has 1 saturated heterocycles. The molecule has 1 aliphatic heterocycles. The molecule has 1 aromatic rings. The molecule has 1 heterocycles. The van der Waals surface area contributed by atoms with Crippen LogP contribution in [-0.4, -0.2) is 50.4 Å². The Bertz CT molecular complexity index is 481. The normalized spacial score (nSPS) is 18.6. The second-order valence-electron chi connectivity index (χ2n) is 4.48. The molecule has 20 heavy (non-hydrogen) atoms. The molecule has 7 heteroatoms. The van der Waals surface area contributed by atoms with Crippen LogP contribution >= 0.6 is 11.6 Å². The van der Waals surface area contributed by atoms with Crippen LogP contribution in [0.1, 0.15) is 0 Å². The molecule has 0 radical (unpaired) electrons. The number of carbonyl (C=O) groups is 1. The van der Waals surface area contributed by atoms with Crippen LogP contribution in [-0.2, 0) is 9.47 Å². The minimum Gasteiger partial charge on any atom is -0.376 e. The molecule has 1 atom stereocenters. The van der Waals surface area contributed by atoms with E-state index in [1.54, 1.807) is 13.1 Å². The summed E-state index contributed by atoms with van der Waals surface area (Å²) in [6, 6.07) is 4.01. The Morgan fingerprint density at radius 1 is 1.55 bits per heavy atom. The predicted octanol–water partition coefficient (Wildman–Crippen LogP) is 2.36. The first-order chi connectivity index (χ1) is 9.58. The lowest BCUT2D eigenvalue weighted by Crippen LogP contribution is -2.42. The Labute approximate surface area is 121 Å². The van der Waals surface area contributed by atoms with Crippen molar-refractivity contribution in [3.63, 3.8) is 0 Å². The summed E-state index contributed by atoms with van der Waals surface area (Å²) in [6.45, 7) is 1.90. The summed E-state index contributed by atoms with van der Waals surface area (Å²) in [5, 5.41) is 2.44. The minimum atomic E-state index is -0.645. The van der Waals surface area contributed by atoms with Crippen molar-refractivity contribution in [2.75, 3.05) is 38.7 Å². The Hall–Kier alpha value is -1.37. The standard InChI is InChI=1S/C13H16ClFN2O3/c1-17(7-9-8-19-5-6-20-9)13(18)16-11-4-2-3-10(14)12(11)15/h2-4,9H,5-8H2,1H3,(H,16,18)/t9-/m1/s1. The van der Waals surface area contributed by atoms with Gasteiger partial charge in [0, 0.05) is 7.05 Å². The fourth-order valence-corrected chi connectivity index (χ4v) is 2.02. The molecule has 0 bridgehead atoms. The first kappa shape index (κ1) is 15.0. The monoisotopic (exact) mass is 302 g/mol. The molecule has 1 fully saturated rings. The summed E-state index contributed by atoms with van der Waals surface area (Å²) in [4.78, 5) is 13.4. The lowest BCUT2D eigenvalue weighted by atomic mass is 10.3. The van der Waals surface area contributed by atoms with Gasteiger partial charge in [-0.3, -0.25) is 0 Å². The number of benzene rings is 1. The molecule has 0 saturated carbocycles. The number of likely N-dealkylation sites (N-methyl/N-ethyl adjacent to an activating group) is 1. The molecule has 1 aromatic carbocycles. The van der Waals surface area contributed by atoms with E-state index in [9.17, 15) is 9.18 Å². The number of ether oxygens (including phenoxy) is 2. The summed E-state index contributed by atoms with van der Waals surface area (Å²) in [5.74, 6) is -0.645. The molecule has 2 rings (SSSR count). The van der Waals surface area contributed by atoms with Crippen molar-refractivity contribution >= 4 is 23.3 Å². The van der Waals surface area contributed by atoms with Gasteiger partial charge in [-0.1, -0.05) is 17.7 Å². The van der Waals surface area contributed by atoms with Gasteiger partial charge in [0.25, 0.3) is 0 Å². The number of hydrogen-bond donors (Lipinski definition) is 1. The van der Waals surface area contributed by atoms with Crippen LogP contribution in [0.4, 0.5) is 14.9 Å². The van der Waals surface area contributed by atoms with Gasteiger partial charge in [0.15, 0.2) is 5.82 Å². The zero-order chi connectivity index (χ0) is 14.5. The van der Waals surface area contributed by atoms with Gasteiger partial charge in [-0.25, -0.2) is 9.18 Å². The third-order valence-corrected chi connectivity index (χ3v) is 3.19. The van der Waals surface area contributed by atoms with E-state index in [4.69, 9.17) is 21.1 Å². The van der Waals surface area contributed by atoms with Gasteiger partial charge < -0.3 is 19.7 Å². The van der Waals surface area contributed by atoms with Gasteiger partial charge in [0.05, 0.1) is 43.2 Å². The average molecular weight is 303 g/mol. The second-order valence-corrected chi connectivity index (χ2v) is 4.89. The third kappa shape index (κ3) is 3.82. The summed E-state index contributed by atoms with van der Waals surface area (Å²) in [5.41, 5.74) is 0.0511. The largest absolute Gasteiger partial charge is 0.376 e. The summed E-state index contributed by atoms with van der Waals surface area (Å²) >= 11 is 5.66. The molecular weight excluding hydrogens is 287 g/mol. The number of carbonyl (C=O) groups excluding carboxylic acids is 1. The summed E-state index contributed by atoms with van der Waals surface area (Å²) < 4.78 is 24.4. The first-order valence-corrected chi connectivity index (χ1v) is 6.61. The molecular formula is C13H16ClFN2O3. The van der Waals surface area contributed by atoms with Crippen LogP contribution in [0.3, 0.4) is 0 Å². The molecule has 2 amide bonds. The van der Waals surface area contributed by atoms with Crippen molar-refractivity contribution in [2.24, 2.45) is 0 Å². The van der Waals surface area contributed by atoms with Crippen LogP contribution in [0.15, 0.2) is 18.2 Å². The highest BCUT2D eigenvalue weighted by atomic mass is 35.5. The zero-order valence-corrected chi connectivity index (χ0v) is 11.8. The fourth-order valence-electron chi connectivity index (χ4n) is 1.84. The van der Waals surface area contributed by atoms with Gasteiger partial charge >= 0.3 is 6.03 Å². The number of halogens is 2. The number of hydrogen-bond acceptors (Lipinski definition) is 3. The van der Waals surface area contributed by atoms with Crippen molar-refractivity contribution in [1.82, 2.24) is 4.90 Å². The van der Waals surface area contributed by atoms with E-state index >= 15 is 0 Å². The van der Waals surface area contributed by atoms with Crippen molar-refractivity contribution < 1.29 is 18.7 Å². The SMILES string of the molecule is CN(C[C@@H]1COCCO1)C(=O)Nc1cccc(Cl)c1F. The maximum absolute atomic E-state index is 13.7. The van der Waals surface area contributed by atoms with Crippen LogP contribution in [0.2, 0.25) is 5.02 Å². The maximum Gasteiger partial charge on any atom is 0.321 e. The highest BCUT2D eigenvalue weighted by molar-refractivity contribution is 6.31. The van der Waals surface area contributed by atoms with E-state index in [2.05, 4.69) is 5.32 Å². The van der Waals surface area contributed by atoms with E-state index < -0.39 is 11.8 Å². The molecule has 110 valence electrons. The van der Waals surface area contributed by atoms with Gasteiger partial charge in [-0.15, -0.1) is 0 Å². The Morgan fingerprint density at radius 2 is 2.35 bits per heavy atom. The van der Waals surface area contributed by atoms with Crippen LogP contribution in [0.25, 0.3) is 0 Å². The number of nitrogens with one attached hydrogen (secondary N) is 1. The molecule has 0 unspecified atom stereocenters. The lowest BCUT2D eigenvalue weighted by Gasteiger charge is -2.27. The van der Waals surface area contributed by atoms with Gasteiger partial charge in [-0.05, 0) is 12.1 Å². The number of nitrogens with zero attached hydrogens (tertiary/aromatic N) is 1. The average Bonchev–Trinajstić information content (AvgIpc) is 2.45. The van der Waals surface area contributed by atoms with Crippen molar-refractivity contribution in [3.05, 3.63) is 29.0 Å². The topological polar surface area (TPSA) is 50.8 Å². The molecule has 0 aliphatic carbocycles. The van der Waals surface area contributed by atoms with Crippen LogP contribution in [0.5, 0.6) is 0 Å². The Kier molecular flexibility index (Phi) is 5.17. The minimum absolute atomic E-state index is 0.0329. The maximum atomic E-state index is 13.7. The Morgan fingerprint density at radius 3 is 3.05 bits per heavy atom. The highest BCUT2D eigenvalue weighted by Gasteiger charge is 2.20. The molecule has 0 spiro atoms. The molecule has 1 N–H and O–H groups in total. The Balaban J connectivity index is 1.91. The smallest absolute Gasteiger partial charge is 0.321 e. The van der Waals surface area contributed by atoms with E-state index in [0.717, 1.165) is 0 Å². The zero-order valence-electron chi connectivity index (χ0n) is 11.1. The molecule has 0 aromatic heterocycles. The predicted molar refractivity (Wildman–Crippen MR) is 73.6 cm³/mol. The second kappa shape index (κ2) is 6.88. The molecule has 1 aliphatic rings. The van der Waals surface area contributed by atoms with Gasteiger partial charge in [0.1, 0.15) is 0 Å². The number of urea groups is 1. The van der Waals surface area contributed by atoms with E-state index in [1.165, 1.54) is 17.0 Å². The van der Waals surface area contributed by atoms with Gasteiger partial charge in [-0.2, -0.15) is 0 Å². The number of anilines is 1. The lowest BCUT2D eigenvalue weighted by molar-refractivity contribution is -0.0925. The first-order valence-electron chi connectivity index (χ1n) is 6.23. The highest BCUT2D eigenvalue weighted by Crippen LogP contribution is 2.22. The summed E-state index contributed by atoms with van der Waals surface area (Å²) in [6.07, 6.45) is -0.163. The van der Waals surface area contributed by atoms with Crippen LogP contribution < -0.4 is 5.32 Å². The molecule has 5 nitrogen and oxygen atoms in total. The van der Waals surface area contributed by atoms with E-state index in [1.807, 2.05) is 0 Å². The quantitative estimate of drug-likeness (QED) is 0.932. The fraction of sp³-hybridized carbons (Fsp3) is 0.462.